The number of aromatic nitrogens is 2. The number of fused-ring (bicyclic) bond motifs is 1. The first-order valence-electron chi connectivity index (χ1n) is 9.70. The molecule has 1 aromatic heterocycles. The number of nitrogens with one attached hydrogen (secondary N) is 2. The normalized spacial score (nSPS) is 25.7. The predicted molar refractivity (Wildman–Crippen MR) is 110 cm³/mol. The highest BCUT2D eigenvalue weighted by molar-refractivity contribution is 7.89. The molecule has 166 valence electrons. The van der Waals surface area contributed by atoms with E-state index < -0.39 is 25.9 Å². The third kappa shape index (κ3) is 3.92. The Morgan fingerprint density at radius 3 is 2.07 bits per heavy atom. The van der Waals surface area contributed by atoms with Crippen molar-refractivity contribution in [2.45, 2.75) is 31.0 Å². The van der Waals surface area contributed by atoms with E-state index in [0.717, 1.165) is 0 Å². The molecule has 0 amide bonds. The molecule has 13 heteroatoms. The standard InChI is InChI=1S/C17H25N5O6S2/c1-12-10-22(11-13(2)28-12)30(26,27)21-7-5-20(6-8-21)29(24,25)14-3-4-15-16(9-14)19-17(23)18-15/h3-4,9,12-13H,5-8,10-11H2,1-2H3,(H2,18,19,23)/t12-,13+. The molecule has 0 saturated carbocycles. The van der Waals surface area contributed by atoms with Crippen LogP contribution in [0.3, 0.4) is 0 Å². The van der Waals surface area contributed by atoms with Crippen molar-refractivity contribution >= 4 is 31.3 Å². The molecular weight excluding hydrogens is 434 g/mol. The van der Waals surface area contributed by atoms with E-state index in [1.54, 1.807) is 0 Å². The number of sulfonamides is 1. The smallest absolute Gasteiger partial charge is 0.323 e. The highest BCUT2D eigenvalue weighted by Crippen LogP contribution is 2.23. The van der Waals surface area contributed by atoms with Gasteiger partial charge in [-0.05, 0) is 32.0 Å². The Bertz CT molecular complexity index is 1190. The summed E-state index contributed by atoms with van der Waals surface area (Å²) in [6.45, 7) is 4.47. The van der Waals surface area contributed by atoms with E-state index in [9.17, 15) is 21.6 Å². The molecule has 2 aliphatic rings. The van der Waals surface area contributed by atoms with Gasteiger partial charge in [-0.25, -0.2) is 13.2 Å². The Morgan fingerprint density at radius 1 is 0.867 bits per heavy atom. The molecule has 1 aromatic carbocycles. The van der Waals surface area contributed by atoms with Crippen LogP contribution in [-0.4, -0.2) is 91.2 Å². The number of benzene rings is 1. The van der Waals surface area contributed by atoms with E-state index in [1.807, 2.05) is 13.8 Å². The van der Waals surface area contributed by atoms with Crippen molar-refractivity contribution in [1.29, 1.82) is 0 Å². The van der Waals surface area contributed by atoms with Crippen LogP contribution in [0.15, 0.2) is 27.9 Å². The topological polar surface area (TPSA) is 136 Å². The largest absolute Gasteiger partial charge is 0.373 e. The van der Waals surface area contributed by atoms with Crippen LogP contribution in [0.25, 0.3) is 11.0 Å². The van der Waals surface area contributed by atoms with Gasteiger partial charge < -0.3 is 14.7 Å². The molecule has 2 aromatic rings. The number of hydrogen-bond acceptors (Lipinski definition) is 6. The number of morpholine rings is 1. The maximum Gasteiger partial charge on any atom is 0.323 e. The lowest BCUT2D eigenvalue weighted by atomic mass is 10.3. The van der Waals surface area contributed by atoms with Gasteiger partial charge in [-0.3, -0.25) is 0 Å². The second-order valence-corrected chi connectivity index (χ2v) is 11.5. The van der Waals surface area contributed by atoms with Crippen LogP contribution in [0.2, 0.25) is 0 Å². The molecule has 3 heterocycles. The summed E-state index contributed by atoms with van der Waals surface area (Å²) in [5.41, 5.74) is 0.506. The SMILES string of the molecule is C[C@@H]1CN(S(=O)(=O)N2CCN(S(=O)(=O)c3ccc4[nH]c(=O)[nH]c4c3)CC2)C[C@H](C)O1. The minimum absolute atomic E-state index is 0.0531. The Kier molecular flexibility index (Phi) is 5.53. The molecular formula is C17H25N5O6S2. The molecule has 2 aliphatic heterocycles. The molecule has 0 unspecified atom stereocenters. The quantitative estimate of drug-likeness (QED) is 0.634. The third-order valence-corrected chi connectivity index (χ3v) is 9.22. The molecule has 2 fully saturated rings. The van der Waals surface area contributed by atoms with E-state index in [0.29, 0.717) is 11.0 Å². The van der Waals surface area contributed by atoms with Gasteiger partial charge in [0.2, 0.25) is 10.0 Å². The van der Waals surface area contributed by atoms with Gasteiger partial charge in [0.1, 0.15) is 0 Å². The fourth-order valence-electron chi connectivity index (χ4n) is 3.94. The fourth-order valence-corrected chi connectivity index (χ4v) is 7.14. The number of H-pyrrole nitrogens is 2. The molecule has 11 nitrogen and oxygen atoms in total. The van der Waals surface area contributed by atoms with E-state index in [1.165, 1.54) is 31.1 Å². The van der Waals surface area contributed by atoms with Crippen LogP contribution in [0.4, 0.5) is 0 Å². The maximum atomic E-state index is 13.0. The minimum Gasteiger partial charge on any atom is -0.373 e. The van der Waals surface area contributed by atoms with Crippen molar-refractivity contribution in [3.05, 3.63) is 28.7 Å². The van der Waals surface area contributed by atoms with Crippen LogP contribution >= 0.6 is 0 Å². The average Bonchev–Trinajstić information content (AvgIpc) is 3.06. The van der Waals surface area contributed by atoms with Crippen molar-refractivity contribution in [3.8, 4) is 0 Å². The molecule has 4 rings (SSSR count). The molecule has 0 bridgehead atoms. The van der Waals surface area contributed by atoms with Crippen molar-refractivity contribution < 1.29 is 21.6 Å². The molecule has 0 aliphatic carbocycles. The molecule has 2 saturated heterocycles. The summed E-state index contributed by atoms with van der Waals surface area (Å²) >= 11 is 0. The average molecular weight is 460 g/mol. The van der Waals surface area contributed by atoms with Crippen LogP contribution in [0.1, 0.15) is 13.8 Å². The summed E-state index contributed by atoms with van der Waals surface area (Å²) in [6, 6.07) is 4.37. The molecule has 30 heavy (non-hydrogen) atoms. The van der Waals surface area contributed by atoms with Gasteiger partial charge >= 0.3 is 5.69 Å². The van der Waals surface area contributed by atoms with E-state index >= 15 is 0 Å². The van der Waals surface area contributed by atoms with Crippen molar-refractivity contribution in [3.63, 3.8) is 0 Å². The van der Waals surface area contributed by atoms with Gasteiger partial charge in [0, 0.05) is 39.3 Å². The molecule has 2 atom stereocenters. The second kappa shape index (κ2) is 7.73. The first-order valence-corrected chi connectivity index (χ1v) is 12.5. The molecule has 2 N–H and O–H groups in total. The summed E-state index contributed by atoms with van der Waals surface area (Å²) in [5.74, 6) is 0. The number of aromatic amines is 2. The predicted octanol–water partition coefficient (Wildman–Crippen LogP) is -0.483. The Balaban J connectivity index is 1.48. The first kappa shape index (κ1) is 21.5. The van der Waals surface area contributed by atoms with E-state index in [-0.39, 0.29) is 56.4 Å². The zero-order valence-electron chi connectivity index (χ0n) is 16.7. The van der Waals surface area contributed by atoms with Gasteiger partial charge in [-0.2, -0.15) is 21.3 Å². The van der Waals surface area contributed by atoms with Crippen molar-refractivity contribution in [2.24, 2.45) is 0 Å². The number of nitrogens with zero attached hydrogens (tertiary/aromatic N) is 3. The van der Waals surface area contributed by atoms with E-state index in [2.05, 4.69) is 9.97 Å². The fraction of sp³-hybridized carbons (Fsp3) is 0.588. The summed E-state index contributed by atoms with van der Waals surface area (Å²) in [5, 5.41) is 0. The van der Waals surface area contributed by atoms with Gasteiger partial charge in [-0.1, -0.05) is 0 Å². The van der Waals surface area contributed by atoms with Crippen LogP contribution in [0.5, 0.6) is 0 Å². The van der Waals surface area contributed by atoms with Gasteiger partial charge in [0.15, 0.2) is 0 Å². The first-order chi connectivity index (χ1) is 14.1. The zero-order chi connectivity index (χ0) is 21.7. The van der Waals surface area contributed by atoms with Crippen LogP contribution < -0.4 is 5.69 Å². The van der Waals surface area contributed by atoms with Gasteiger partial charge in [0.25, 0.3) is 10.2 Å². The Morgan fingerprint density at radius 2 is 1.43 bits per heavy atom. The van der Waals surface area contributed by atoms with E-state index in [4.69, 9.17) is 4.74 Å². The lowest BCUT2D eigenvalue weighted by Gasteiger charge is -2.39. The minimum atomic E-state index is -3.81. The Hall–Kier alpha value is -1.77. The number of piperazine rings is 1. The zero-order valence-corrected chi connectivity index (χ0v) is 18.4. The number of rotatable bonds is 4. The monoisotopic (exact) mass is 459 g/mol. The summed E-state index contributed by atoms with van der Waals surface area (Å²) in [6.07, 6.45) is -0.389. The van der Waals surface area contributed by atoms with Crippen molar-refractivity contribution in [1.82, 2.24) is 22.9 Å². The number of ether oxygens (including phenoxy) is 1. The maximum absolute atomic E-state index is 13.0. The van der Waals surface area contributed by atoms with Gasteiger partial charge in [0.05, 0.1) is 28.1 Å². The van der Waals surface area contributed by atoms with Crippen LogP contribution in [0, 0.1) is 0 Å². The molecule has 0 spiro atoms. The highest BCUT2D eigenvalue weighted by atomic mass is 32.2. The summed E-state index contributed by atoms with van der Waals surface area (Å²) < 4.78 is 61.6. The Labute approximate surface area is 174 Å². The van der Waals surface area contributed by atoms with Crippen molar-refractivity contribution in [2.75, 3.05) is 39.3 Å². The lowest BCUT2D eigenvalue weighted by Crippen LogP contribution is -2.57. The second-order valence-electron chi connectivity index (χ2n) is 7.67. The molecule has 0 radical (unpaired) electrons. The van der Waals surface area contributed by atoms with Gasteiger partial charge in [-0.15, -0.1) is 0 Å². The number of hydrogen-bond donors (Lipinski definition) is 2. The summed E-state index contributed by atoms with van der Waals surface area (Å²) in [7, 11) is -7.50. The lowest BCUT2D eigenvalue weighted by molar-refractivity contribution is -0.0456. The highest BCUT2D eigenvalue weighted by Gasteiger charge is 2.38. The summed E-state index contributed by atoms with van der Waals surface area (Å²) in [4.78, 5) is 16.6. The van der Waals surface area contributed by atoms with Crippen LogP contribution in [-0.2, 0) is 25.0 Å². The third-order valence-electron chi connectivity index (χ3n) is 5.36. The number of imidazole rings is 1.